The van der Waals surface area contributed by atoms with E-state index in [1.165, 1.54) is 12.1 Å². The minimum atomic E-state index is -3.85. The second kappa shape index (κ2) is 4.97. The Hall–Kier alpha value is -1.95. The third kappa shape index (κ3) is 3.29. The van der Waals surface area contributed by atoms with Gasteiger partial charge in [0.15, 0.2) is 0 Å². The summed E-state index contributed by atoms with van der Waals surface area (Å²) in [5.74, 6) is -1.06. The lowest BCUT2D eigenvalue weighted by Gasteiger charge is -2.09. The number of rotatable bonds is 3. The Bertz CT molecular complexity index is 677. The molecule has 0 spiro atoms. The average Bonchev–Trinajstić information content (AvgIpc) is 2.27. The molecule has 19 heavy (non-hydrogen) atoms. The number of nitrogens with one attached hydrogen (secondary N) is 1. The Labute approximate surface area is 109 Å². The number of aryl methyl sites for hydroxylation is 1. The van der Waals surface area contributed by atoms with Gasteiger partial charge in [-0.15, -0.1) is 0 Å². The van der Waals surface area contributed by atoms with Crippen molar-refractivity contribution in [2.24, 2.45) is 0 Å². The van der Waals surface area contributed by atoms with Crippen LogP contribution in [0.1, 0.15) is 5.56 Å². The molecule has 0 saturated carbocycles. The molecule has 0 heterocycles. The minimum Gasteiger partial charge on any atom is -0.280 e. The van der Waals surface area contributed by atoms with Crippen LogP contribution in [0.5, 0.6) is 0 Å². The molecule has 1 N–H and O–H groups in total. The van der Waals surface area contributed by atoms with E-state index in [1.54, 1.807) is 6.92 Å². The van der Waals surface area contributed by atoms with Crippen LogP contribution in [0.4, 0.5) is 14.5 Å². The molecule has 2 rings (SSSR count). The van der Waals surface area contributed by atoms with Crippen LogP contribution in [-0.4, -0.2) is 8.42 Å². The van der Waals surface area contributed by atoms with Gasteiger partial charge in [0.25, 0.3) is 10.0 Å². The smallest absolute Gasteiger partial charge is 0.261 e. The van der Waals surface area contributed by atoms with E-state index in [-0.39, 0.29) is 10.6 Å². The molecule has 0 fully saturated rings. The molecule has 100 valence electrons. The lowest BCUT2D eigenvalue weighted by Crippen LogP contribution is -2.13. The Kier molecular flexibility index (Phi) is 3.53. The first-order valence-corrected chi connectivity index (χ1v) is 6.91. The van der Waals surface area contributed by atoms with Crippen LogP contribution in [0.15, 0.2) is 47.4 Å². The zero-order chi connectivity index (χ0) is 14.0. The van der Waals surface area contributed by atoms with Crippen LogP contribution in [0.3, 0.4) is 0 Å². The summed E-state index contributed by atoms with van der Waals surface area (Å²) in [5.41, 5.74) is 0.721. The maximum absolute atomic E-state index is 13.2. The van der Waals surface area contributed by atoms with Gasteiger partial charge in [0.05, 0.1) is 10.6 Å². The summed E-state index contributed by atoms with van der Waals surface area (Å²) >= 11 is 0. The van der Waals surface area contributed by atoms with Crippen molar-refractivity contribution in [1.29, 1.82) is 0 Å². The molecule has 0 aliphatic carbocycles. The van der Waals surface area contributed by atoms with Crippen LogP contribution >= 0.6 is 0 Å². The highest BCUT2D eigenvalue weighted by molar-refractivity contribution is 7.92. The van der Waals surface area contributed by atoms with Crippen LogP contribution in [0.25, 0.3) is 0 Å². The Balaban J connectivity index is 2.33. The minimum absolute atomic E-state index is 0.0872. The molecule has 0 unspecified atom stereocenters. The molecular weight excluding hydrogens is 272 g/mol. The van der Waals surface area contributed by atoms with E-state index in [2.05, 4.69) is 4.72 Å². The molecule has 0 atom stereocenters. The lowest BCUT2D eigenvalue weighted by molar-refractivity contribution is 0.599. The van der Waals surface area contributed by atoms with Gasteiger partial charge in [-0.3, -0.25) is 4.72 Å². The predicted molar refractivity (Wildman–Crippen MR) is 68.3 cm³/mol. The van der Waals surface area contributed by atoms with Crippen molar-refractivity contribution in [2.75, 3.05) is 4.72 Å². The van der Waals surface area contributed by atoms with E-state index in [0.717, 1.165) is 30.3 Å². The largest absolute Gasteiger partial charge is 0.280 e. The first kappa shape index (κ1) is 13.5. The molecule has 6 heteroatoms. The van der Waals surface area contributed by atoms with E-state index in [9.17, 15) is 17.2 Å². The third-order valence-corrected chi connectivity index (χ3v) is 3.82. The molecule has 0 aliphatic heterocycles. The molecule has 0 radical (unpaired) electrons. The molecule has 2 aromatic rings. The summed E-state index contributed by atoms with van der Waals surface area (Å²) in [7, 11) is -3.85. The third-order valence-electron chi connectivity index (χ3n) is 2.42. The number of hydrogen-bond donors (Lipinski definition) is 1. The summed E-state index contributed by atoms with van der Waals surface area (Å²) < 4.78 is 52.1. The first-order valence-electron chi connectivity index (χ1n) is 5.42. The van der Waals surface area contributed by atoms with E-state index in [0.29, 0.717) is 5.56 Å². The number of halogens is 2. The summed E-state index contributed by atoms with van der Waals surface area (Å²) in [4.78, 5) is -0.0872. The molecule has 0 saturated heterocycles. The molecule has 0 aromatic heterocycles. The van der Waals surface area contributed by atoms with Crippen LogP contribution in [0.2, 0.25) is 0 Å². The number of anilines is 1. The lowest BCUT2D eigenvalue weighted by atomic mass is 10.2. The van der Waals surface area contributed by atoms with Gasteiger partial charge in [0, 0.05) is 0 Å². The van der Waals surface area contributed by atoms with E-state index in [1.807, 2.05) is 0 Å². The van der Waals surface area contributed by atoms with E-state index in [4.69, 9.17) is 0 Å². The summed E-state index contributed by atoms with van der Waals surface area (Å²) in [6.45, 7) is 1.65. The van der Waals surface area contributed by atoms with Gasteiger partial charge in [0.1, 0.15) is 11.6 Å². The van der Waals surface area contributed by atoms with Crippen molar-refractivity contribution in [2.45, 2.75) is 11.8 Å². The second-order valence-corrected chi connectivity index (χ2v) is 5.76. The fourth-order valence-corrected chi connectivity index (χ4v) is 2.66. The van der Waals surface area contributed by atoms with Crippen molar-refractivity contribution in [3.05, 3.63) is 59.7 Å². The Morgan fingerprint density at radius 3 is 2.16 bits per heavy atom. The Morgan fingerprint density at radius 1 is 0.947 bits per heavy atom. The van der Waals surface area contributed by atoms with E-state index < -0.39 is 21.7 Å². The molecule has 3 nitrogen and oxygen atoms in total. The van der Waals surface area contributed by atoms with Crippen molar-refractivity contribution in [1.82, 2.24) is 0 Å². The summed E-state index contributed by atoms with van der Waals surface area (Å²) in [6.07, 6.45) is 0. The monoisotopic (exact) mass is 283 g/mol. The average molecular weight is 283 g/mol. The van der Waals surface area contributed by atoms with Gasteiger partial charge in [-0.1, -0.05) is 0 Å². The van der Waals surface area contributed by atoms with E-state index >= 15 is 0 Å². The Morgan fingerprint density at radius 2 is 1.58 bits per heavy atom. The van der Waals surface area contributed by atoms with Crippen LogP contribution in [-0.2, 0) is 10.0 Å². The molecule has 0 bridgehead atoms. The molecule has 0 aliphatic rings. The number of hydrogen-bond acceptors (Lipinski definition) is 2. The fourth-order valence-electron chi connectivity index (χ4n) is 1.62. The SMILES string of the molecule is Cc1cc(F)cc(NS(=O)(=O)c2ccc(F)cc2)c1. The standard InChI is InChI=1S/C13H11F2NO2S/c1-9-6-11(15)8-12(7-9)16-19(17,18)13-4-2-10(14)3-5-13/h2-8,16H,1H3. The molecular formula is C13H11F2NO2S. The highest BCUT2D eigenvalue weighted by Gasteiger charge is 2.14. The maximum Gasteiger partial charge on any atom is 0.261 e. The number of sulfonamides is 1. The highest BCUT2D eigenvalue weighted by Crippen LogP contribution is 2.18. The van der Waals surface area contributed by atoms with Crippen molar-refractivity contribution >= 4 is 15.7 Å². The van der Waals surface area contributed by atoms with Crippen LogP contribution < -0.4 is 4.72 Å². The van der Waals surface area contributed by atoms with Gasteiger partial charge in [-0.05, 0) is 55.0 Å². The number of benzene rings is 2. The molecule has 0 amide bonds. The van der Waals surface area contributed by atoms with Crippen molar-refractivity contribution in [3.8, 4) is 0 Å². The predicted octanol–water partition coefficient (Wildman–Crippen LogP) is 3.07. The zero-order valence-electron chi connectivity index (χ0n) is 10.0. The topological polar surface area (TPSA) is 46.2 Å². The van der Waals surface area contributed by atoms with Crippen molar-refractivity contribution in [3.63, 3.8) is 0 Å². The van der Waals surface area contributed by atoms with Gasteiger partial charge in [-0.2, -0.15) is 0 Å². The van der Waals surface area contributed by atoms with Gasteiger partial charge in [-0.25, -0.2) is 17.2 Å². The second-order valence-electron chi connectivity index (χ2n) is 4.08. The maximum atomic E-state index is 13.2. The van der Waals surface area contributed by atoms with Crippen LogP contribution in [0, 0.1) is 18.6 Å². The van der Waals surface area contributed by atoms with Gasteiger partial charge < -0.3 is 0 Å². The normalized spacial score (nSPS) is 11.3. The first-order chi connectivity index (χ1) is 8.87. The van der Waals surface area contributed by atoms with Gasteiger partial charge in [0.2, 0.25) is 0 Å². The summed E-state index contributed by atoms with van der Waals surface area (Å²) in [5, 5.41) is 0. The quantitative estimate of drug-likeness (QED) is 0.941. The highest BCUT2D eigenvalue weighted by atomic mass is 32.2. The fraction of sp³-hybridized carbons (Fsp3) is 0.0769. The molecule has 2 aromatic carbocycles. The van der Waals surface area contributed by atoms with Crippen molar-refractivity contribution < 1.29 is 17.2 Å². The summed E-state index contributed by atoms with van der Waals surface area (Å²) in [6, 6.07) is 8.25. The van der Waals surface area contributed by atoms with Gasteiger partial charge >= 0.3 is 0 Å². The zero-order valence-corrected chi connectivity index (χ0v) is 10.8.